The van der Waals surface area contributed by atoms with Gasteiger partial charge in [0.05, 0.1) is 11.4 Å². The van der Waals surface area contributed by atoms with E-state index in [0.29, 0.717) is 68.1 Å². The van der Waals surface area contributed by atoms with Gasteiger partial charge in [-0.2, -0.15) is 0 Å². The first-order valence-corrected chi connectivity index (χ1v) is 13.9. The van der Waals surface area contributed by atoms with Crippen molar-refractivity contribution in [2.24, 2.45) is 0 Å². The van der Waals surface area contributed by atoms with Gasteiger partial charge in [-0.3, -0.25) is 14.4 Å². The van der Waals surface area contributed by atoms with Gasteiger partial charge in [-0.25, -0.2) is 8.78 Å². The smallest absolute Gasteiger partial charge is 0.255 e. The van der Waals surface area contributed by atoms with E-state index in [-0.39, 0.29) is 11.8 Å². The lowest BCUT2D eigenvalue weighted by Crippen LogP contribution is -2.35. The van der Waals surface area contributed by atoms with Crippen LogP contribution in [-0.2, 0) is 0 Å². The van der Waals surface area contributed by atoms with Crippen LogP contribution in [0.15, 0.2) is 66.7 Å². The first kappa shape index (κ1) is 28.2. The number of nitrogens with zero attached hydrogens (tertiary/aromatic N) is 3. The molecule has 3 amide bonds. The summed E-state index contributed by atoms with van der Waals surface area (Å²) in [4.78, 5) is 45.2. The largest absolute Gasteiger partial charge is 0.368 e. The number of halogens is 2. The minimum absolute atomic E-state index is 0.107. The fourth-order valence-electron chi connectivity index (χ4n) is 5.21. The van der Waals surface area contributed by atoms with Crippen molar-refractivity contribution in [2.45, 2.75) is 12.8 Å². The number of nitrogens with one attached hydrogen (secondary N) is 2. The molecule has 0 spiro atoms. The zero-order valence-electron chi connectivity index (χ0n) is 22.7. The number of carbonyl (C=O) groups excluding carboxylic acids is 3. The van der Waals surface area contributed by atoms with Gasteiger partial charge in [-0.1, -0.05) is 0 Å². The Kier molecular flexibility index (Phi) is 8.88. The van der Waals surface area contributed by atoms with Crippen molar-refractivity contribution in [2.75, 3.05) is 62.6 Å². The Balaban J connectivity index is 1.39. The van der Waals surface area contributed by atoms with Crippen LogP contribution in [0.25, 0.3) is 0 Å². The molecule has 0 saturated carbocycles. The molecule has 0 radical (unpaired) electrons. The van der Waals surface area contributed by atoms with Crippen LogP contribution in [0.4, 0.5) is 20.2 Å². The van der Waals surface area contributed by atoms with Gasteiger partial charge in [-0.15, -0.1) is 0 Å². The number of amides is 3. The highest BCUT2D eigenvalue weighted by atomic mass is 19.1. The molecule has 0 unspecified atom stereocenters. The Labute approximate surface area is 237 Å². The Hall–Kier alpha value is -4.31. The molecule has 2 aliphatic heterocycles. The predicted octanol–water partition coefficient (Wildman–Crippen LogP) is 4.01. The van der Waals surface area contributed by atoms with E-state index in [1.54, 1.807) is 17.0 Å². The molecule has 214 valence electrons. The van der Waals surface area contributed by atoms with Crippen molar-refractivity contribution in [3.8, 4) is 0 Å². The van der Waals surface area contributed by atoms with Gasteiger partial charge < -0.3 is 25.3 Å². The van der Waals surface area contributed by atoms with Crippen molar-refractivity contribution in [3.05, 3.63) is 95.1 Å². The van der Waals surface area contributed by atoms with E-state index in [1.807, 2.05) is 11.0 Å². The lowest BCUT2D eigenvalue weighted by molar-refractivity contribution is 0.0759. The summed E-state index contributed by atoms with van der Waals surface area (Å²) >= 11 is 0. The van der Waals surface area contributed by atoms with Crippen molar-refractivity contribution in [1.29, 1.82) is 0 Å². The van der Waals surface area contributed by atoms with E-state index >= 15 is 0 Å². The summed E-state index contributed by atoms with van der Waals surface area (Å²) in [7, 11) is 0. The molecular weight excluding hydrogens is 528 g/mol. The molecule has 2 saturated heterocycles. The second-order valence-electron chi connectivity index (χ2n) is 10.2. The van der Waals surface area contributed by atoms with Crippen LogP contribution in [-0.4, -0.2) is 79.9 Å². The van der Waals surface area contributed by atoms with Crippen LogP contribution < -0.4 is 15.5 Å². The minimum atomic E-state index is -0.439. The van der Waals surface area contributed by atoms with Gasteiger partial charge in [0.15, 0.2) is 0 Å². The number of hydrogen-bond acceptors (Lipinski definition) is 5. The van der Waals surface area contributed by atoms with E-state index in [9.17, 15) is 23.2 Å². The van der Waals surface area contributed by atoms with Gasteiger partial charge in [0.1, 0.15) is 11.6 Å². The van der Waals surface area contributed by atoms with Crippen LogP contribution in [0.1, 0.15) is 43.9 Å². The second kappa shape index (κ2) is 12.9. The monoisotopic (exact) mass is 561 g/mol. The Morgan fingerprint density at radius 1 is 0.634 bits per heavy atom. The molecule has 10 heteroatoms. The fourth-order valence-corrected chi connectivity index (χ4v) is 5.21. The Morgan fingerprint density at radius 3 is 1.98 bits per heavy atom. The third-order valence-electron chi connectivity index (χ3n) is 7.44. The highest BCUT2D eigenvalue weighted by molar-refractivity contribution is 6.07. The minimum Gasteiger partial charge on any atom is -0.368 e. The summed E-state index contributed by atoms with van der Waals surface area (Å²) in [6.45, 7) is 4.91. The zero-order valence-corrected chi connectivity index (χ0v) is 22.7. The van der Waals surface area contributed by atoms with Crippen LogP contribution in [0.2, 0.25) is 0 Å². The van der Waals surface area contributed by atoms with Crippen molar-refractivity contribution in [3.63, 3.8) is 0 Å². The molecule has 41 heavy (non-hydrogen) atoms. The Morgan fingerprint density at radius 2 is 1.24 bits per heavy atom. The van der Waals surface area contributed by atoms with Crippen LogP contribution in [0, 0.1) is 11.6 Å². The molecule has 2 aliphatic rings. The van der Waals surface area contributed by atoms with E-state index in [2.05, 4.69) is 15.5 Å². The van der Waals surface area contributed by atoms with E-state index in [4.69, 9.17) is 0 Å². The van der Waals surface area contributed by atoms with Gasteiger partial charge >= 0.3 is 0 Å². The predicted molar refractivity (Wildman–Crippen MR) is 153 cm³/mol. The molecule has 0 aromatic heterocycles. The van der Waals surface area contributed by atoms with Crippen LogP contribution >= 0.6 is 0 Å². The van der Waals surface area contributed by atoms with Gasteiger partial charge in [0.2, 0.25) is 0 Å². The van der Waals surface area contributed by atoms with Gasteiger partial charge in [-0.05, 0) is 86.1 Å². The molecule has 0 atom stereocenters. The molecule has 3 aromatic rings. The number of benzene rings is 3. The van der Waals surface area contributed by atoms with Gasteiger partial charge in [0, 0.05) is 62.5 Å². The summed E-state index contributed by atoms with van der Waals surface area (Å²) in [6, 6.07) is 16.1. The molecule has 3 aromatic carbocycles. The summed E-state index contributed by atoms with van der Waals surface area (Å²) < 4.78 is 26.8. The maximum absolute atomic E-state index is 13.5. The molecule has 5 rings (SSSR count). The average molecular weight is 562 g/mol. The first-order valence-electron chi connectivity index (χ1n) is 13.9. The number of rotatable bonds is 5. The lowest BCUT2D eigenvalue weighted by atomic mass is 10.1. The number of hydrogen-bond donors (Lipinski definition) is 2. The second-order valence-corrected chi connectivity index (χ2v) is 10.2. The van der Waals surface area contributed by atoms with E-state index in [0.717, 1.165) is 25.2 Å². The van der Waals surface area contributed by atoms with Crippen molar-refractivity contribution in [1.82, 2.24) is 15.1 Å². The maximum Gasteiger partial charge on any atom is 0.255 e. The first-order chi connectivity index (χ1) is 19.9. The molecule has 0 aliphatic carbocycles. The quantitative estimate of drug-likeness (QED) is 0.492. The molecule has 2 N–H and O–H groups in total. The lowest BCUT2D eigenvalue weighted by Gasteiger charge is -2.27. The number of carbonyl (C=O) groups is 3. The summed E-state index contributed by atoms with van der Waals surface area (Å²) in [5, 5.41) is 6.23. The molecule has 8 nitrogen and oxygen atoms in total. The van der Waals surface area contributed by atoms with Crippen LogP contribution in [0.5, 0.6) is 0 Å². The molecule has 2 heterocycles. The molecule has 2 fully saturated rings. The van der Waals surface area contributed by atoms with E-state index < -0.39 is 17.5 Å². The Bertz CT molecular complexity index is 1390. The SMILES string of the molecule is O=C(Nc1cc(C(=O)N2CCCNCC2)ccc1N1CCCN(C(=O)c2ccc(F)cc2)CC1)c1ccc(F)cc1. The summed E-state index contributed by atoms with van der Waals surface area (Å²) in [5.41, 5.74) is 2.38. The zero-order chi connectivity index (χ0) is 28.8. The van der Waals surface area contributed by atoms with Gasteiger partial charge in [0.25, 0.3) is 17.7 Å². The van der Waals surface area contributed by atoms with Crippen molar-refractivity contribution >= 4 is 29.1 Å². The normalized spacial score (nSPS) is 16.1. The third kappa shape index (κ3) is 6.89. The summed E-state index contributed by atoms with van der Waals surface area (Å²) in [5.74, 6) is -1.52. The summed E-state index contributed by atoms with van der Waals surface area (Å²) in [6.07, 6.45) is 1.54. The average Bonchev–Trinajstić information content (AvgIpc) is 3.41. The van der Waals surface area contributed by atoms with E-state index in [1.165, 1.54) is 48.5 Å². The third-order valence-corrected chi connectivity index (χ3v) is 7.44. The van der Waals surface area contributed by atoms with Crippen molar-refractivity contribution < 1.29 is 23.2 Å². The standard InChI is InChI=1S/C31H33F2N5O3/c32-25-8-3-22(4-9-25)29(39)35-27-21-24(31(41)37-15-1-13-34-14-18-37)7-12-28(27)36-16-2-17-38(20-19-36)30(40)23-5-10-26(33)11-6-23/h3-12,21,34H,1-2,13-20H2,(H,35,39). The molecular formula is C31H33F2N5O3. The van der Waals surface area contributed by atoms with Crippen LogP contribution in [0.3, 0.4) is 0 Å². The topological polar surface area (TPSA) is 85.0 Å². The highest BCUT2D eigenvalue weighted by Gasteiger charge is 2.24. The number of anilines is 2. The highest BCUT2D eigenvalue weighted by Crippen LogP contribution is 2.30. The maximum atomic E-state index is 13.5. The fraction of sp³-hybridized carbons (Fsp3) is 0.323. The molecule has 0 bridgehead atoms.